The highest BCUT2D eigenvalue weighted by Gasteiger charge is 2.34. The lowest BCUT2D eigenvalue weighted by Crippen LogP contribution is -2.29. The van der Waals surface area contributed by atoms with Crippen LogP contribution in [0.2, 0.25) is 0 Å². The van der Waals surface area contributed by atoms with Gasteiger partial charge in [0.05, 0.1) is 12.3 Å². The van der Waals surface area contributed by atoms with Crippen LogP contribution >= 0.6 is 0 Å². The standard InChI is InChI=1S/C28H32N2O6/c1-28(2,17-6-5-12-25(32)30-34)26(21-13-15-22(16-14-21)35-19-18-31)36-27(33)29-24-11-7-9-20-8-3-4-10-23(20)24/h3-5,7-16,26,31,34H,6,17-19H2,1-2H3,(H,29,33)(H,30,32)/b12-5+/t26-/m0/s1. The summed E-state index contributed by atoms with van der Waals surface area (Å²) in [5, 5.41) is 22.4. The molecule has 0 radical (unpaired) electrons. The molecule has 3 aromatic carbocycles. The summed E-state index contributed by atoms with van der Waals surface area (Å²) in [6.07, 6.45) is 2.85. The van der Waals surface area contributed by atoms with Crippen LogP contribution in [0.15, 0.2) is 78.9 Å². The number of aliphatic hydroxyl groups is 1. The van der Waals surface area contributed by atoms with Crippen molar-refractivity contribution in [1.29, 1.82) is 0 Å². The van der Waals surface area contributed by atoms with Crippen LogP contribution in [0.25, 0.3) is 10.8 Å². The van der Waals surface area contributed by atoms with Gasteiger partial charge in [0.15, 0.2) is 0 Å². The molecule has 0 saturated heterocycles. The lowest BCUT2D eigenvalue weighted by molar-refractivity contribution is -0.124. The first-order valence-corrected chi connectivity index (χ1v) is 11.7. The monoisotopic (exact) mass is 492 g/mol. The van der Waals surface area contributed by atoms with E-state index in [9.17, 15) is 9.59 Å². The van der Waals surface area contributed by atoms with Gasteiger partial charge in [-0.2, -0.15) is 0 Å². The minimum atomic E-state index is -0.612. The Labute approximate surface area is 210 Å². The Bertz CT molecular complexity index is 1180. The number of hydroxylamine groups is 1. The van der Waals surface area contributed by atoms with Crippen molar-refractivity contribution < 1.29 is 29.4 Å². The molecule has 0 aromatic heterocycles. The van der Waals surface area contributed by atoms with Crippen LogP contribution < -0.4 is 15.5 Å². The second-order valence-corrected chi connectivity index (χ2v) is 8.98. The maximum atomic E-state index is 13.1. The first-order valence-electron chi connectivity index (χ1n) is 11.7. The van der Waals surface area contributed by atoms with E-state index in [1.807, 2.05) is 68.4 Å². The van der Waals surface area contributed by atoms with Gasteiger partial charge in [-0.1, -0.05) is 68.5 Å². The molecule has 0 aliphatic heterocycles. The fraction of sp³-hybridized carbons (Fsp3) is 0.286. The highest BCUT2D eigenvalue weighted by Crippen LogP contribution is 2.41. The summed E-state index contributed by atoms with van der Waals surface area (Å²) in [5.41, 5.74) is 2.48. The summed E-state index contributed by atoms with van der Waals surface area (Å²) in [4.78, 5) is 24.3. The maximum absolute atomic E-state index is 13.1. The van der Waals surface area contributed by atoms with Crippen molar-refractivity contribution in [2.24, 2.45) is 5.41 Å². The normalized spacial score (nSPS) is 12.3. The summed E-state index contributed by atoms with van der Waals surface area (Å²) in [7, 11) is 0. The molecule has 4 N–H and O–H groups in total. The van der Waals surface area contributed by atoms with E-state index in [-0.39, 0.29) is 13.2 Å². The number of benzene rings is 3. The van der Waals surface area contributed by atoms with Gasteiger partial charge in [-0.15, -0.1) is 0 Å². The van der Waals surface area contributed by atoms with E-state index in [1.54, 1.807) is 23.7 Å². The van der Waals surface area contributed by atoms with E-state index < -0.39 is 23.5 Å². The maximum Gasteiger partial charge on any atom is 0.412 e. The molecule has 1 atom stereocenters. The molecule has 8 heteroatoms. The average Bonchev–Trinajstić information content (AvgIpc) is 2.89. The summed E-state index contributed by atoms with van der Waals surface area (Å²) < 4.78 is 11.5. The van der Waals surface area contributed by atoms with Gasteiger partial charge in [-0.25, -0.2) is 10.3 Å². The quantitative estimate of drug-likeness (QED) is 0.162. The number of allylic oxidation sites excluding steroid dienone is 1. The number of nitrogens with one attached hydrogen (secondary N) is 2. The van der Waals surface area contributed by atoms with Crippen molar-refractivity contribution >= 4 is 28.5 Å². The van der Waals surface area contributed by atoms with Crippen molar-refractivity contribution in [3.63, 3.8) is 0 Å². The molecule has 0 aliphatic rings. The van der Waals surface area contributed by atoms with Gasteiger partial charge in [0.2, 0.25) is 0 Å². The van der Waals surface area contributed by atoms with Crippen LogP contribution in [-0.2, 0) is 9.53 Å². The Morgan fingerprint density at radius 3 is 2.47 bits per heavy atom. The molecule has 3 aromatic rings. The van der Waals surface area contributed by atoms with Gasteiger partial charge >= 0.3 is 6.09 Å². The van der Waals surface area contributed by atoms with Gasteiger partial charge in [0.1, 0.15) is 18.5 Å². The molecular weight excluding hydrogens is 460 g/mol. The van der Waals surface area contributed by atoms with Crippen LogP contribution in [0.3, 0.4) is 0 Å². The summed E-state index contributed by atoms with van der Waals surface area (Å²) in [5.74, 6) is -0.00366. The predicted octanol–water partition coefficient (Wildman–Crippen LogP) is 5.37. The van der Waals surface area contributed by atoms with Crippen molar-refractivity contribution in [1.82, 2.24) is 5.48 Å². The first kappa shape index (κ1) is 26.7. The Hall–Kier alpha value is -3.88. The first-order chi connectivity index (χ1) is 17.3. The topological polar surface area (TPSA) is 117 Å². The number of fused-ring (bicyclic) bond motifs is 1. The average molecular weight is 493 g/mol. The Balaban J connectivity index is 1.81. The molecule has 0 unspecified atom stereocenters. The lowest BCUT2D eigenvalue weighted by atomic mass is 9.78. The largest absolute Gasteiger partial charge is 0.491 e. The second kappa shape index (κ2) is 12.7. The smallest absolute Gasteiger partial charge is 0.412 e. The van der Waals surface area contributed by atoms with Crippen LogP contribution in [0.1, 0.15) is 38.4 Å². The van der Waals surface area contributed by atoms with Gasteiger partial charge in [0, 0.05) is 16.9 Å². The summed E-state index contributed by atoms with van der Waals surface area (Å²) in [6.45, 7) is 4.07. The number of aliphatic hydroxyl groups excluding tert-OH is 1. The molecule has 0 saturated carbocycles. The minimum absolute atomic E-state index is 0.0866. The number of hydrogen-bond donors (Lipinski definition) is 4. The minimum Gasteiger partial charge on any atom is -0.491 e. The van der Waals surface area contributed by atoms with E-state index in [0.717, 1.165) is 16.3 Å². The van der Waals surface area contributed by atoms with Crippen LogP contribution in [-0.4, -0.2) is 35.5 Å². The van der Waals surface area contributed by atoms with Gasteiger partial charge < -0.3 is 14.6 Å². The van der Waals surface area contributed by atoms with E-state index in [4.69, 9.17) is 19.8 Å². The predicted molar refractivity (Wildman–Crippen MR) is 138 cm³/mol. The van der Waals surface area contributed by atoms with Crippen molar-refractivity contribution in [3.05, 3.63) is 84.4 Å². The van der Waals surface area contributed by atoms with Gasteiger partial charge in [0.25, 0.3) is 5.91 Å². The van der Waals surface area contributed by atoms with E-state index >= 15 is 0 Å². The second-order valence-electron chi connectivity index (χ2n) is 8.98. The number of carbonyl (C=O) groups is 2. The SMILES string of the molecule is CC(C)(CC/C=C/C(=O)NO)[C@@H](OC(=O)Nc1cccc2ccccc12)c1ccc(OCCO)cc1. The van der Waals surface area contributed by atoms with Crippen molar-refractivity contribution in [2.75, 3.05) is 18.5 Å². The highest BCUT2D eigenvalue weighted by atomic mass is 16.6. The lowest BCUT2D eigenvalue weighted by Gasteiger charge is -2.34. The molecule has 0 aliphatic carbocycles. The molecule has 0 fully saturated rings. The molecule has 0 bridgehead atoms. The van der Waals surface area contributed by atoms with E-state index in [1.165, 1.54) is 6.08 Å². The number of carbonyl (C=O) groups excluding carboxylic acids is 2. The van der Waals surface area contributed by atoms with Crippen LogP contribution in [0.4, 0.5) is 10.5 Å². The molecular formula is C28H32N2O6. The summed E-state index contributed by atoms with van der Waals surface area (Å²) in [6, 6.07) is 20.6. The molecule has 36 heavy (non-hydrogen) atoms. The fourth-order valence-corrected chi connectivity index (χ4v) is 3.98. The number of rotatable bonds is 11. The zero-order chi connectivity index (χ0) is 26.0. The van der Waals surface area contributed by atoms with Gasteiger partial charge in [-0.05, 0) is 42.0 Å². The Morgan fingerprint density at radius 2 is 1.75 bits per heavy atom. The van der Waals surface area contributed by atoms with E-state index in [2.05, 4.69) is 5.32 Å². The molecule has 2 amide bonds. The number of hydrogen-bond acceptors (Lipinski definition) is 6. The van der Waals surface area contributed by atoms with E-state index in [0.29, 0.717) is 24.3 Å². The molecule has 0 spiro atoms. The number of ether oxygens (including phenoxy) is 2. The summed E-state index contributed by atoms with van der Waals surface area (Å²) >= 11 is 0. The third kappa shape index (κ3) is 7.31. The fourth-order valence-electron chi connectivity index (χ4n) is 3.98. The zero-order valence-electron chi connectivity index (χ0n) is 20.4. The number of anilines is 1. The van der Waals surface area contributed by atoms with Crippen molar-refractivity contribution in [3.8, 4) is 5.75 Å². The Kier molecular flexibility index (Phi) is 9.44. The molecule has 8 nitrogen and oxygen atoms in total. The molecule has 190 valence electrons. The third-order valence-corrected chi connectivity index (χ3v) is 5.84. The van der Waals surface area contributed by atoms with Gasteiger partial charge in [-0.3, -0.25) is 15.3 Å². The highest BCUT2D eigenvalue weighted by molar-refractivity contribution is 6.00. The zero-order valence-corrected chi connectivity index (χ0v) is 20.4. The molecule has 3 rings (SSSR count). The number of amides is 2. The van der Waals surface area contributed by atoms with Crippen LogP contribution in [0, 0.1) is 5.41 Å². The Morgan fingerprint density at radius 1 is 1.03 bits per heavy atom. The third-order valence-electron chi connectivity index (χ3n) is 5.84. The molecule has 0 heterocycles. The van der Waals surface area contributed by atoms with Crippen LogP contribution in [0.5, 0.6) is 5.75 Å². The van der Waals surface area contributed by atoms with Crippen molar-refractivity contribution in [2.45, 2.75) is 32.8 Å².